The van der Waals surface area contributed by atoms with Crippen LogP contribution in [-0.4, -0.2) is 30.5 Å². The van der Waals surface area contributed by atoms with Gasteiger partial charge >= 0.3 is 11.7 Å². The molecule has 0 saturated heterocycles. The van der Waals surface area contributed by atoms with Crippen LogP contribution in [0.15, 0.2) is 42.5 Å². The average Bonchev–Trinajstić information content (AvgIpc) is 2.67. The number of esters is 1. The molecule has 2 aromatic carbocycles. The van der Waals surface area contributed by atoms with E-state index < -0.39 is 16.5 Å². The second-order valence-corrected chi connectivity index (χ2v) is 5.28. The molecule has 4 N–H and O–H groups in total. The van der Waals surface area contributed by atoms with E-state index >= 15 is 0 Å². The molecule has 0 radical (unpaired) electrons. The van der Waals surface area contributed by atoms with E-state index in [1.807, 2.05) is 30.3 Å². The van der Waals surface area contributed by atoms with Gasteiger partial charge in [-0.2, -0.15) is 0 Å². The van der Waals surface area contributed by atoms with Gasteiger partial charge in [0.25, 0.3) is 5.91 Å². The number of methoxy groups -OCH3 is 1. The summed E-state index contributed by atoms with van der Waals surface area (Å²) in [5, 5.41) is 11.2. The second kappa shape index (κ2) is 10.5. The zero-order chi connectivity index (χ0) is 20.4. The molecular weight excluding hydrogens is 354 g/mol. The Kier molecular flexibility index (Phi) is 8.40. The van der Waals surface area contributed by atoms with Crippen LogP contribution in [0.1, 0.15) is 21.5 Å². The van der Waals surface area contributed by atoms with Crippen molar-refractivity contribution in [1.82, 2.24) is 0 Å². The maximum absolute atomic E-state index is 11.3. The molecule has 0 saturated carbocycles. The molecule has 2 aromatic rings. The number of carbonyl (C=O) groups is 2. The van der Waals surface area contributed by atoms with E-state index in [4.69, 9.17) is 16.2 Å². The van der Waals surface area contributed by atoms with Crippen molar-refractivity contribution in [2.24, 2.45) is 11.5 Å². The third-order valence-electron chi connectivity index (χ3n) is 3.40. The van der Waals surface area contributed by atoms with Crippen molar-refractivity contribution in [2.75, 3.05) is 13.7 Å². The van der Waals surface area contributed by atoms with Gasteiger partial charge in [0, 0.05) is 0 Å². The number of carbonyl (C=O) groups excluding carboxylic acids is 2. The van der Waals surface area contributed by atoms with Gasteiger partial charge in [0.05, 0.1) is 18.6 Å². The summed E-state index contributed by atoms with van der Waals surface area (Å²) in [6.07, 6.45) is 0. The van der Waals surface area contributed by atoms with Crippen molar-refractivity contribution in [2.45, 2.75) is 13.5 Å². The van der Waals surface area contributed by atoms with Crippen LogP contribution in [0.2, 0.25) is 0 Å². The predicted octanol–water partition coefficient (Wildman–Crippen LogP) is 1.70. The Morgan fingerprint density at radius 1 is 1.15 bits per heavy atom. The van der Waals surface area contributed by atoms with E-state index in [1.54, 1.807) is 13.0 Å². The lowest BCUT2D eigenvalue weighted by Gasteiger charge is -2.11. The third-order valence-corrected chi connectivity index (χ3v) is 3.40. The van der Waals surface area contributed by atoms with Gasteiger partial charge in [-0.05, 0) is 24.1 Å². The van der Waals surface area contributed by atoms with Crippen molar-refractivity contribution < 1.29 is 24.0 Å². The number of nitro benzene ring substituents is 1. The number of hydrogen-bond donors (Lipinski definition) is 2. The number of primary amides is 1. The molecule has 0 heterocycles. The summed E-state index contributed by atoms with van der Waals surface area (Å²) in [6, 6.07) is 12.2. The van der Waals surface area contributed by atoms with Crippen LogP contribution in [0, 0.1) is 17.0 Å². The number of nitrogens with two attached hydrogens (primary N) is 2. The fourth-order valence-corrected chi connectivity index (χ4v) is 2.05. The molecule has 0 atom stereocenters. The van der Waals surface area contributed by atoms with Crippen LogP contribution in [0.25, 0.3) is 0 Å². The summed E-state index contributed by atoms with van der Waals surface area (Å²) in [5.41, 5.74) is 10.9. The molecule has 9 nitrogen and oxygen atoms in total. The first-order valence-electron chi connectivity index (χ1n) is 7.83. The molecular formula is C18H21N3O6. The highest BCUT2D eigenvalue weighted by Gasteiger charge is 2.26. The molecule has 144 valence electrons. The molecule has 0 aromatic heterocycles. The molecule has 0 spiro atoms. The van der Waals surface area contributed by atoms with Gasteiger partial charge in [0.2, 0.25) is 5.75 Å². The zero-order valence-corrected chi connectivity index (χ0v) is 15.0. The molecule has 9 heteroatoms. The summed E-state index contributed by atoms with van der Waals surface area (Å²) < 4.78 is 9.69. The maximum atomic E-state index is 11.3. The van der Waals surface area contributed by atoms with Gasteiger partial charge in [0.1, 0.15) is 12.2 Å². The Labute approximate surface area is 156 Å². The van der Waals surface area contributed by atoms with E-state index in [-0.39, 0.29) is 30.4 Å². The van der Waals surface area contributed by atoms with Gasteiger partial charge in [-0.3, -0.25) is 19.7 Å². The number of rotatable bonds is 6. The number of aryl methyl sites for hydroxylation is 1. The largest absolute Gasteiger partial charge is 0.482 e. The zero-order valence-electron chi connectivity index (χ0n) is 15.0. The Bertz CT molecular complexity index is 802. The van der Waals surface area contributed by atoms with Gasteiger partial charge in [-0.25, -0.2) is 0 Å². The molecule has 27 heavy (non-hydrogen) atoms. The van der Waals surface area contributed by atoms with E-state index in [9.17, 15) is 19.7 Å². The van der Waals surface area contributed by atoms with Crippen molar-refractivity contribution >= 4 is 17.6 Å². The van der Waals surface area contributed by atoms with Crippen LogP contribution in [0.3, 0.4) is 0 Å². The molecule has 0 aliphatic heterocycles. The minimum Gasteiger partial charge on any atom is -0.482 e. The van der Waals surface area contributed by atoms with Gasteiger partial charge in [-0.15, -0.1) is 0 Å². The minimum atomic E-state index is -0.855. The topological polar surface area (TPSA) is 148 Å². The van der Waals surface area contributed by atoms with Crippen LogP contribution >= 0.6 is 0 Å². The van der Waals surface area contributed by atoms with Crippen molar-refractivity contribution in [3.05, 3.63) is 69.3 Å². The Morgan fingerprint density at radius 2 is 1.78 bits per heavy atom. The van der Waals surface area contributed by atoms with E-state index in [0.29, 0.717) is 5.56 Å². The van der Waals surface area contributed by atoms with Crippen molar-refractivity contribution in [3.8, 4) is 5.75 Å². The van der Waals surface area contributed by atoms with Crippen LogP contribution in [0.5, 0.6) is 5.75 Å². The first-order chi connectivity index (χ1) is 12.8. The second-order valence-electron chi connectivity index (χ2n) is 5.28. The van der Waals surface area contributed by atoms with Crippen molar-refractivity contribution in [1.29, 1.82) is 0 Å². The fraction of sp³-hybridized carbons (Fsp3) is 0.222. The Morgan fingerprint density at radius 3 is 2.22 bits per heavy atom. The van der Waals surface area contributed by atoms with E-state index in [0.717, 1.165) is 5.56 Å². The molecule has 2 rings (SSSR count). The summed E-state index contributed by atoms with van der Waals surface area (Å²) in [5.74, 6) is -1.17. The molecule has 0 bridgehead atoms. The van der Waals surface area contributed by atoms with Gasteiger partial charge < -0.3 is 20.9 Å². The highest BCUT2D eigenvalue weighted by Crippen LogP contribution is 2.34. The smallest absolute Gasteiger partial charge is 0.323 e. The van der Waals surface area contributed by atoms with Crippen LogP contribution < -0.4 is 16.2 Å². The lowest BCUT2D eigenvalue weighted by Crippen LogP contribution is -2.14. The number of amides is 1. The Hall–Kier alpha value is -3.46. The number of ether oxygens (including phenoxy) is 2. The molecule has 0 fully saturated rings. The fourth-order valence-electron chi connectivity index (χ4n) is 2.05. The lowest BCUT2D eigenvalue weighted by molar-refractivity contribution is -0.386. The minimum absolute atomic E-state index is 0.0312. The number of hydrogen-bond acceptors (Lipinski definition) is 7. The molecule has 1 amide bonds. The summed E-state index contributed by atoms with van der Waals surface area (Å²) in [6.45, 7) is 1.82. The van der Waals surface area contributed by atoms with Crippen LogP contribution in [-0.2, 0) is 16.1 Å². The predicted molar refractivity (Wildman–Crippen MR) is 98.2 cm³/mol. The number of benzene rings is 2. The number of nitrogens with zero attached hydrogens (tertiary/aromatic N) is 1. The third kappa shape index (κ3) is 6.40. The maximum Gasteiger partial charge on any atom is 0.323 e. The molecule has 0 aliphatic rings. The standard InChI is InChI=1S/C15H14N2O4.C3H7NO2/c1-10-7-8-12(15(16)18)13(17(19)20)14(10)21-9-11-5-3-2-4-6-11;1-6-3(5)2-4/h2-8H,9H2,1H3,(H2,16,18);2,4H2,1H3. The highest BCUT2D eigenvalue weighted by molar-refractivity contribution is 5.98. The monoisotopic (exact) mass is 375 g/mol. The SMILES string of the molecule is COC(=O)CN.Cc1ccc(C(N)=O)c([N+](=O)[O-])c1OCc1ccccc1. The summed E-state index contributed by atoms with van der Waals surface area (Å²) >= 11 is 0. The highest BCUT2D eigenvalue weighted by atomic mass is 16.6. The summed E-state index contributed by atoms with van der Waals surface area (Å²) in [4.78, 5) is 31.7. The average molecular weight is 375 g/mol. The first kappa shape index (κ1) is 21.6. The first-order valence-corrected chi connectivity index (χ1v) is 7.83. The van der Waals surface area contributed by atoms with E-state index in [2.05, 4.69) is 4.74 Å². The molecule has 0 unspecified atom stereocenters. The normalized spacial score (nSPS) is 9.59. The lowest BCUT2D eigenvalue weighted by atomic mass is 10.1. The molecule has 0 aliphatic carbocycles. The van der Waals surface area contributed by atoms with Gasteiger partial charge in [-0.1, -0.05) is 36.4 Å². The number of nitro groups is 1. The summed E-state index contributed by atoms with van der Waals surface area (Å²) in [7, 11) is 1.30. The quantitative estimate of drug-likeness (QED) is 0.443. The van der Waals surface area contributed by atoms with Crippen LogP contribution in [0.4, 0.5) is 5.69 Å². The Balaban J connectivity index is 0.000000527. The van der Waals surface area contributed by atoms with Gasteiger partial charge in [0.15, 0.2) is 0 Å². The van der Waals surface area contributed by atoms with E-state index in [1.165, 1.54) is 13.2 Å². The van der Waals surface area contributed by atoms with Crippen molar-refractivity contribution in [3.63, 3.8) is 0 Å².